The second kappa shape index (κ2) is 5.54. The van der Waals surface area contributed by atoms with Crippen LogP contribution in [-0.2, 0) is 10.0 Å². The maximum absolute atomic E-state index is 11.7. The summed E-state index contributed by atoms with van der Waals surface area (Å²) in [5, 5.41) is 4.41. The van der Waals surface area contributed by atoms with E-state index in [2.05, 4.69) is 0 Å². The van der Waals surface area contributed by atoms with E-state index in [1.54, 1.807) is 30.3 Å². The molecule has 0 spiro atoms. The molecule has 0 amide bonds. The SMILES string of the molecule is NS(=O)(=O)c1cc(C(=O)Cl)c(Cl)cc1-c1ccccc1. The second-order valence-corrected chi connectivity index (χ2v) is 6.29. The Balaban J connectivity index is 2.81. The van der Waals surface area contributed by atoms with E-state index in [1.807, 2.05) is 0 Å². The van der Waals surface area contributed by atoms with E-state index < -0.39 is 15.3 Å². The average Bonchev–Trinajstić information content (AvgIpc) is 2.37. The van der Waals surface area contributed by atoms with Crippen molar-refractivity contribution in [2.75, 3.05) is 0 Å². The summed E-state index contributed by atoms with van der Waals surface area (Å²) in [4.78, 5) is 11.0. The Bertz CT molecular complexity index is 774. The Hall–Kier alpha value is -1.40. The number of benzene rings is 2. The maximum atomic E-state index is 11.7. The first-order valence-corrected chi connectivity index (χ1v) is 7.72. The molecule has 0 aliphatic rings. The highest BCUT2D eigenvalue weighted by Crippen LogP contribution is 2.32. The quantitative estimate of drug-likeness (QED) is 0.879. The number of nitrogens with two attached hydrogens (primary N) is 1. The topological polar surface area (TPSA) is 77.2 Å². The molecule has 0 aromatic heterocycles. The highest BCUT2D eigenvalue weighted by Gasteiger charge is 2.20. The van der Waals surface area contributed by atoms with Gasteiger partial charge < -0.3 is 0 Å². The van der Waals surface area contributed by atoms with Crippen molar-refractivity contribution in [3.05, 3.63) is 53.1 Å². The standard InChI is InChI=1S/C13H9Cl2NO3S/c14-11-6-9(8-4-2-1-3-5-8)12(20(16,18)19)7-10(11)13(15)17/h1-7H,(H2,16,18,19). The summed E-state index contributed by atoms with van der Waals surface area (Å²) in [7, 11) is -4.02. The zero-order valence-electron chi connectivity index (χ0n) is 10.0. The maximum Gasteiger partial charge on any atom is 0.253 e. The van der Waals surface area contributed by atoms with Crippen molar-refractivity contribution < 1.29 is 13.2 Å². The van der Waals surface area contributed by atoms with Crippen molar-refractivity contribution in [2.45, 2.75) is 4.90 Å². The second-order valence-electron chi connectivity index (χ2n) is 4.01. The van der Waals surface area contributed by atoms with Gasteiger partial charge in [-0.2, -0.15) is 0 Å². The number of hydrogen-bond acceptors (Lipinski definition) is 3. The number of sulfonamides is 1. The molecular formula is C13H9Cl2NO3S. The lowest BCUT2D eigenvalue weighted by molar-refractivity contribution is 0.108. The Kier molecular flexibility index (Phi) is 4.15. The molecular weight excluding hydrogens is 321 g/mol. The predicted octanol–water partition coefficient (Wildman–Crippen LogP) is 3.03. The Morgan fingerprint density at radius 1 is 1.10 bits per heavy atom. The molecule has 2 rings (SSSR count). The number of hydrogen-bond donors (Lipinski definition) is 1. The van der Waals surface area contributed by atoms with Gasteiger partial charge in [-0.3, -0.25) is 4.79 Å². The third kappa shape index (κ3) is 3.02. The van der Waals surface area contributed by atoms with Crippen molar-refractivity contribution in [3.8, 4) is 11.1 Å². The molecule has 0 saturated carbocycles. The van der Waals surface area contributed by atoms with Gasteiger partial charge in [0.15, 0.2) is 0 Å². The molecule has 0 aliphatic heterocycles. The van der Waals surface area contributed by atoms with Crippen molar-refractivity contribution in [2.24, 2.45) is 5.14 Å². The lowest BCUT2D eigenvalue weighted by Gasteiger charge is -2.11. The van der Waals surface area contributed by atoms with Crippen LogP contribution in [-0.4, -0.2) is 13.7 Å². The minimum Gasteiger partial charge on any atom is -0.276 e. The van der Waals surface area contributed by atoms with E-state index in [9.17, 15) is 13.2 Å². The summed E-state index contributed by atoms with van der Waals surface area (Å²) in [6, 6.07) is 11.2. The average molecular weight is 330 g/mol. The first kappa shape index (κ1) is 15.0. The first-order valence-electron chi connectivity index (χ1n) is 5.42. The van der Waals surface area contributed by atoms with Gasteiger partial charge in [0.05, 0.1) is 15.5 Å². The lowest BCUT2D eigenvalue weighted by atomic mass is 10.0. The molecule has 0 fully saturated rings. The molecule has 0 atom stereocenters. The molecule has 2 N–H and O–H groups in total. The zero-order chi connectivity index (χ0) is 14.9. The van der Waals surface area contributed by atoms with Crippen LogP contribution in [0.15, 0.2) is 47.4 Å². The fourth-order valence-corrected chi connectivity index (χ4v) is 3.00. The molecule has 0 aliphatic carbocycles. The summed E-state index contributed by atoms with van der Waals surface area (Å²) in [5.74, 6) is 0. The van der Waals surface area contributed by atoms with E-state index in [1.165, 1.54) is 6.07 Å². The van der Waals surface area contributed by atoms with Gasteiger partial charge in [-0.25, -0.2) is 13.6 Å². The molecule has 0 heterocycles. The van der Waals surface area contributed by atoms with Crippen LogP contribution in [0.2, 0.25) is 5.02 Å². The number of carbonyl (C=O) groups is 1. The normalized spacial score (nSPS) is 11.3. The van der Waals surface area contributed by atoms with Gasteiger partial charge in [-0.15, -0.1) is 0 Å². The van der Waals surface area contributed by atoms with Crippen molar-refractivity contribution in [3.63, 3.8) is 0 Å². The van der Waals surface area contributed by atoms with Crippen molar-refractivity contribution in [1.82, 2.24) is 0 Å². The van der Waals surface area contributed by atoms with Gasteiger partial charge in [-0.05, 0) is 29.3 Å². The minimum atomic E-state index is -4.02. The summed E-state index contributed by atoms with van der Waals surface area (Å²) in [5.41, 5.74) is 0.837. The number of carbonyl (C=O) groups excluding carboxylic acids is 1. The Labute approximate surface area is 126 Å². The summed E-state index contributed by atoms with van der Waals surface area (Å²) in [6.45, 7) is 0. The highest BCUT2D eigenvalue weighted by molar-refractivity contribution is 7.89. The van der Waals surface area contributed by atoms with Crippen LogP contribution in [0.4, 0.5) is 0 Å². The smallest absolute Gasteiger partial charge is 0.253 e. The van der Waals surface area contributed by atoms with Gasteiger partial charge in [0.25, 0.3) is 5.24 Å². The van der Waals surface area contributed by atoms with Crippen LogP contribution in [0.5, 0.6) is 0 Å². The van der Waals surface area contributed by atoms with Crippen LogP contribution < -0.4 is 5.14 Å². The van der Waals surface area contributed by atoms with Gasteiger partial charge in [0.2, 0.25) is 10.0 Å². The van der Waals surface area contributed by atoms with Gasteiger partial charge in [0.1, 0.15) is 0 Å². The van der Waals surface area contributed by atoms with Crippen molar-refractivity contribution in [1.29, 1.82) is 0 Å². The molecule has 2 aromatic carbocycles. The van der Waals surface area contributed by atoms with Crippen LogP contribution in [0, 0.1) is 0 Å². The first-order chi connectivity index (χ1) is 9.30. The minimum absolute atomic E-state index is 0.0660. The van der Waals surface area contributed by atoms with Gasteiger partial charge in [-0.1, -0.05) is 41.9 Å². The van der Waals surface area contributed by atoms with Crippen LogP contribution in [0.1, 0.15) is 10.4 Å². The number of rotatable bonds is 3. The highest BCUT2D eigenvalue weighted by atomic mass is 35.5. The largest absolute Gasteiger partial charge is 0.276 e. The van der Waals surface area contributed by atoms with E-state index in [4.69, 9.17) is 28.3 Å². The van der Waals surface area contributed by atoms with Crippen LogP contribution >= 0.6 is 23.2 Å². The lowest BCUT2D eigenvalue weighted by Crippen LogP contribution is -2.14. The molecule has 2 aromatic rings. The molecule has 20 heavy (non-hydrogen) atoms. The van der Waals surface area contributed by atoms with Crippen molar-refractivity contribution >= 4 is 38.5 Å². The predicted molar refractivity (Wildman–Crippen MR) is 78.4 cm³/mol. The molecule has 0 radical (unpaired) electrons. The number of primary sulfonamides is 1. The third-order valence-corrected chi connectivity index (χ3v) is 4.14. The fourth-order valence-electron chi connectivity index (χ4n) is 1.78. The van der Waals surface area contributed by atoms with Gasteiger partial charge in [0, 0.05) is 5.56 Å². The molecule has 104 valence electrons. The Morgan fingerprint density at radius 3 is 2.20 bits per heavy atom. The molecule has 0 saturated heterocycles. The number of halogens is 2. The van der Waals surface area contributed by atoms with Crippen LogP contribution in [0.3, 0.4) is 0 Å². The third-order valence-electron chi connectivity index (χ3n) is 2.67. The molecule has 7 heteroatoms. The monoisotopic (exact) mass is 329 g/mol. The van der Waals surface area contributed by atoms with Crippen LogP contribution in [0.25, 0.3) is 11.1 Å². The summed E-state index contributed by atoms with van der Waals surface area (Å²) < 4.78 is 23.4. The van der Waals surface area contributed by atoms with Gasteiger partial charge >= 0.3 is 0 Å². The zero-order valence-corrected chi connectivity index (χ0v) is 12.3. The summed E-state index contributed by atoms with van der Waals surface area (Å²) in [6.07, 6.45) is 0. The molecule has 4 nitrogen and oxygen atoms in total. The Morgan fingerprint density at radius 2 is 1.70 bits per heavy atom. The van der Waals surface area contributed by atoms with E-state index in [-0.39, 0.29) is 15.5 Å². The summed E-state index contributed by atoms with van der Waals surface area (Å²) >= 11 is 11.3. The van der Waals surface area contributed by atoms with E-state index in [0.29, 0.717) is 11.1 Å². The molecule has 0 unspecified atom stereocenters. The van der Waals surface area contributed by atoms with E-state index in [0.717, 1.165) is 6.07 Å². The van der Waals surface area contributed by atoms with E-state index >= 15 is 0 Å². The molecule has 0 bridgehead atoms. The fraction of sp³-hybridized carbons (Fsp3) is 0.